The van der Waals surface area contributed by atoms with E-state index in [2.05, 4.69) is 17.3 Å². The first-order valence-corrected chi connectivity index (χ1v) is 5.79. The molecule has 1 saturated carbocycles. The van der Waals surface area contributed by atoms with Crippen molar-refractivity contribution < 1.29 is 0 Å². The molecule has 0 aromatic rings. The minimum absolute atomic E-state index is 0.839. The van der Waals surface area contributed by atoms with Crippen LogP contribution >= 0.6 is 0 Å². The van der Waals surface area contributed by atoms with Gasteiger partial charge in [0.05, 0.1) is 0 Å². The first-order chi connectivity index (χ1) is 6.40. The van der Waals surface area contributed by atoms with Gasteiger partial charge in [0.25, 0.3) is 0 Å². The lowest BCUT2D eigenvalue weighted by Crippen LogP contribution is -2.40. The number of likely N-dealkylation sites (N-methyl/N-ethyl adjacent to an activating group) is 1. The Morgan fingerprint density at radius 2 is 2.08 bits per heavy atom. The van der Waals surface area contributed by atoms with Gasteiger partial charge in [0.15, 0.2) is 0 Å². The number of rotatable bonds is 4. The van der Waals surface area contributed by atoms with Gasteiger partial charge in [-0.15, -0.1) is 0 Å². The van der Waals surface area contributed by atoms with Crippen LogP contribution in [0.1, 0.15) is 32.1 Å². The maximum Gasteiger partial charge on any atom is 0.0221 e. The second-order valence-electron chi connectivity index (χ2n) is 4.65. The van der Waals surface area contributed by atoms with Crippen LogP contribution in [0.15, 0.2) is 0 Å². The quantitative estimate of drug-likeness (QED) is 0.708. The summed E-state index contributed by atoms with van der Waals surface area (Å²) in [5.41, 5.74) is 0. The Morgan fingerprint density at radius 1 is 1.23 bits per heavy atom. The first kappa shape index (κ1) is 9.47. The van der Waals surface area contributed by atoms with Crippen molar-refractivity contribution in [3.05, 3.63) is 0 Å². The fourth-order valence-electron chi connectivity index (χ4n) is 2.61. The highest BCUT2D eigenvalue weighted by molar-refractivity contribution is 4.84. The van der Waals surface area contributed by atoms with E-state index in [1.807, 2.05) is 0 Å². The molecule has 0 amide bonds. The van der Waals surface area contributed by atoms with Crippen LogP contribution in [-0.2, 0) is 0 Å². The van der Waals surface area contributed by atoms with Gasteiger partial charge in [-0.25, -0.2) is 0 Å². The van der Waals surface area contributed by atoms with Gasteiger partial charge in [0, 0.05) is 19.1 Å². The van der Waals surface area contributed by atoms with E-state index >= 15 is 0 Å². The van der Waals surface area contributed by atoms with E-state index in [9.17, 15) is 0 Å². The highest BCUT2D eigenvalue weighted by Crippen LogP contribution is 2.29. The third-order valence-electron chi connectivity index (χ3n) is 3.66. The molecule has 0 spiro atoms. The molecule has 1 heterocycles. The summed E-state index contributed by atoms with van der Waals surface area (Å²) in [5, 5.41) is 3.31. The van der Waals surface area contributed by atoms with Crippen LogP contribution in [0.25, 0.3) is 0 Å². The minimum Gasteiger partial charge on any atom is -0.318 e. The Hall–Kier alpha value is -0.0800. The van der Waals surface area contributed by atoms with E-state index in [1.54, 1.807) is 0 Å². The van der Waals surface area contributed by atoms with E-state index < -0.39 is 0 Å². The number of hydrogen-bond acceptors (Lipinski definition) is 2. The van der Waals surface area contributed by atoms with Gasteiger partial charge in [0.1, 0.15) is 0 Å². The summed E-state index contributed by atoms with van der Waals surface area (Å²) >= 11 is 0. The zero-order valence-electron chi connectivity index (χ0n) is 8.76. The van der Waals surface area contributed by atoms with E-state index in [1.165, 1.54) is 51.7 Å². The molecule has 2 rings (SSSR count). The lowest BCUT2D eigenvalue weighted by atomic mass is 9.85. The topological polar surface area (TPSA) is 15.3 Å². The molecule has 2 fully saturated rings. The maximum absolute atomic E-state index is 3.31. The molecule has 76 valence electrons. The van der Waals surface area contributed by atoms with E-state index in [4.69, 9.17) is 0 Å². The summed E-state index contributed by atoms with van der Waals surface area (Å²) in [6.07, 6.45) is 7.29. The lowest BCUT2D eigenvalue weighted by Gasteiger charge is -2.33. The van der Waals surface area contributed by atoms with Crippen molar-refractivity contribution in [3.63, 3.8) is 0 Å². The smallest absolute Gasteiger partial charge is 0.0221 e. The highest BCUT2D eigenvalue weighted by atomic mass is 15.2. The maximum atomic E-state index is 3.31. The van der Waals surface area contributed by atoms with Gasteiger partial charge in [-0.1, -0.05) is 6.42 Å². The zero-order valence-corrected chi connectivity index (χ0v) is 8.76. The standard InChI is InChI=1S/C11H22N2/c1-12-8-11-6-3-7-13(11)9-10-4-2-5-10/h10-12H,2-9H2,1H3. The molecule has 2 heteroatoms. The molecule has 0 bridgehead atoms. The normalized spacial score (nSPS) is 30.7. The predicted molar refractivity (Wildman–Crippen MR) is 55.9 cm³/mol. The van der Waals surface area contributed by atoms with Gasteiger partial charge >= 0.3 is 0 Å². The lowest BCUT2D eigenvalue weighted by molar-refractivity contribution is 0.165. The van der Waals surface area contributed by atoms with Gasteiger partial charge in [-0.3, -0.25) is 4.90 Å². The Bertz CT molecular complexity index is 154. The minimum atomic E-state index is 0.839. The SMILES string of the molecule is CNCC1CCCN1CC1CCC1. The van der Waals surface area contributed by atoms with E-state index in [0.717, 1.165) is 12.0 Å². The van der Waals surface area contributed by atoms with Crippen molar-refractivity contribution in [2.24, 2.45) is 5.92 Å². The van der Waals surface area contributed by atoms with Gasteiger partial charge in [0.2, 0.25) is 0 Å². The molecule has 1 unspecified atom stereocenters. The molecular weight excluding hydrogens is 160 g/mol. The summed E-state index contributed by atoms with van der Waals surface area (Å²) in [7, 11) is 2.07. The zero-order chi connectivity index (χ0) is 9.10. The molecule has 2 aliphatic rings. The van der Waals surface area contributed by atoms with Crippen molar-refractivity contribution in [2.45, 2.75) is 38.1 Å². The second kappa shape index (κ2) is 4.43. The Kier molecular flexibility index (Phi) is 3.23. The van der Waals surface area contributed by atoms with Crippen molar-refractivity contribution in [1.29, 1.82) is 0 Å². The highest BCUT2D eigenvalue weighted by Gasteiger charge is 2.28. The van der Waals surface area contributed by atoms with Crippen LogP contribution in [0.4, 0.5) is 0 Å². The third kappa shape index (κ3) is 2.23. The summed E-state index contributed by atoms with van der Waals surface area (Å²) in [6, 6.07) is 0.839. The van der Waals surface area contributed by atoms with Crippen LogP contribution in [0.2, 0.25) is 0 Å². The Labute approximate surface area is 81.7 Å². The molecule has 2 nitrogen and oxygen atoms in total. The van der Waals surface area contributed by atoms with E-state index in [0.29, 0.717) is 0 Å². The van der Waals surface area contributed by atoms with Crippen molar-refractivity contribution in [2.75, 3.05) is 26.7 Å². The molecule has 1 atom stereocenters. The fraction of sp³-hybridized carbons (Fsp3) is 1.00. The third-order valence-corrected chi connectivity index (χ3v) is 3.66. The Morgan fingerprint density at radius 3 is 2.69 bits per heavy atom. The van der Waals surface area contributed by atoms with Crippen molar-refractivity contribution >= 4 is 0 Å². The molecule has 13 heavy (non-hydrogen) atoms. The molecule has 0 radical (unpaired) electrons. The summed E-state index contributed by atoms with van der Waals surface area (Å²) < 4.78 is 0. The van der Waals surface area contributed by atoms with Crippen LogP contribution in [0.5, 0.6) is 0 Å². The number of nitrogens with zero attached hydrogens (tertiary/aromatic N) is 1. The predicted octanol–water partition coefficient (Wildman–Crippen LogP) is 1.47. The molecular formula is C11H22N2. The number of nitrogens with one attached hydrogen (secondary N) is 1. The largest absolute Gasteiger partial charge is 0.318 e. The fourth-order valence-corrected chi connectivity index (χ4v) is 2.61. The summed E-state index contributed by atoms with van der Waals surface area (Å²) in [4.78, 5) is 2.71. The molecule has 1 aliphatic heterocycles. The molecule has 0 aromatic carbocycles. The molecule has 1 aliphatic carbocycles. The van der Waals surface area contributed by atoms with Crippen LogP contribution in [-0.4, -0.2) is 37.6 Å². The van der Waals surface area contributed by atoms with E-state index in [-0.39, 0.29) is 0 Å². The summed E-state index contributed by atoms with van der Waals surface area (Å²) in [5.74, 6) is 1.04. The average Bonchev–Trinajstić information content (AvgIpc) is 2.46. The monoisotopic (exact) mass is 182 g/mol. The summed E-state index contributed by atoms with van der Waals surface area (Å²) in [6.45, 7) is 3.92. The van der Waals surface area contributed by atoms with Crippen molar-refractivity contribution in [3.8, 4) is 0 Å². The van der Waals surface area contributed by atoms with Crippen LogP contribution < -0.4 is 5.32 Å². The van der Waals surface area contributed by atoms with Gasteiger partial charge in [-0.2, -0.15) is 0 Å². The molecule has 0 aromatic heterocycles. The van der Waals surface area contributed by atoms with Crippen LogP contribution in [0.3, 0.4) is 0 Å². The number of hydrogen-bond donors (Lipinski definition) is 1. The molecule has 1 N–H and O–H groups in total. The van der Waals surface area contributed by atoms with Crippen LogP contribution in [0, 0.1) is 5.92 Å². The first-order valence-electron chi connectivity index (χ1n) is 5.79. The van der Waals surface area contributed by atoms with Gasteiger partial charge < -0.3 is 5.32 Å². The van der Waals surface area contributed by atoms with Gasteiger partial charge in [-0.05, 0) is 45.2 Å². The van der Waals surface area contributed by atoms with Crippen molar-refractivity contribution in [1.82, 2.24) is 10.2 Å². The second-order valence-corrected chi connectivity index (χ2v) is 4.65. The average molecular weight is 182 g/mol. The number of likely N-dealkylation sites (tertiary alicyclic amines) is 1. The molecule has 1 saturated heterocycles. The Balaban J connectivity index is 1.75.